The number of anilines is 4. The van der Waals surface area contributed by atoms with Crippen molar-refractivity contribution >= 4 is 71.4 Å². The molecule has 4 amide bonds. The number of rotatable bonds is 13. The number of ether oxygens (including phenoxy) is 1. The number of benzene rings is 3. The van der Waals surface area contributed by atoms with Crippen molar-refractivity contribution in [3.8, 4) is 11.8 Å². The van der Waals surface area contributed by atoms with E-state index in [2.05, 4.69) is 33.5 Å². The van der Waals surface area contributed by atoms with Crippen LogP contribution in [0.4, 0.5) is 40.3 Å². The van der Waals surface area contributed by atoms with Gasteiger partial charge >= 0.3 is 6.18 Å². The first-order chi connectivity index (χ1) is 27.6. The summed E-state index contributed by atoms with van der Waals surface area (Å²) in [5, 5.41) is 17.6. The minimum atomic E-state index is -4.81. The predicted molar refractivity (Wildman–Crippen MR) is 220 cm³/mol. The van der Waals surface area contributed by atoms with Gasteiger partial charge in [-0.25, -0.2) is 0 Å². The lowest BCUT2D eigenvalue weighted by molar-refractivity contribution is -0.138. The van der Waals surface area contributed by atoms with Crippen molar-refractivity contribution < 1.29 is 41.5 Å². The third kappa shape index (κ3) is 10.4. The lowest BCUT2D eigenvalue weighted by Gasteiger charge is -2.34. The second kappa shape index (κ2) is 18.9. The third-order valence-corrected chi connectivity index (χ3v) is 11.2. The summed E-state index contributed by atoms with van der Waals surface area (Å²) in [5.74, 6) is -0.487. The van der Waals surface area contributed by atoms with E-state index in [-0.39, 0.29) is 55.2 Å². The maximum atomic E-state index is 13.8. The molecule has 0 saturated carbocycles. The van der Waals surface area contributed by atoms with Gasteiger partial charge < -0.3 is 20.3 Å². The summed E-state index contributed by atoms with van der Waals surface area (Å²) in [6, 6.07) is 16.3. The normalized spacial score (nSPS) is 19.8. The van der Waals surface area contributed by atoms with Crippen LogP contribution in [-0.4, -0.2) is 78.5 Å². The Morgan fingerprint density at radius 2 is 1.73 bits per heavy atom. The van der Waals surface area contributed by atoms with E-state index < -0.39 is 47.0 Å². The van der Waals surface area contributed by atoms with Crippen LogP contribution in [0.2, 0.25) is 0 Å². The van der Waals surface area contributed by atoms with Gasteiger partial charge in [0.25, 0.3) is 5.91 Å². The molecular formula is C41H46ClF4N7O5S. The molecule has 2 atom stereocenters. The van der Waals surface area contributed by atoms with Crippen LogP contribution in [0.25, 0.3) is 0 Å². The topological polar surface area (TPSA) is 147 Å². The van der Waals surface area contributed by atoms with Crippen molar-refractivity contribution in [2.45, 2.75) is 75.6 Å². The Morgan fingerprint density at radius 1 is 1.02 bits per heavy atom. The quantitative estimate of drug-likeness (QED) is 0.0839. The molecule has 3 aromatic carbocycles. The number of likely N-dealkylation sites (tertiary alicyclic amines) is 1. The highest BCUT2D eigenvalue weighted by atomic mass is 35.5. The third-order valence-electron chi connectivity index (χ3n) is 10.8. The fourth-order valence-corrected chi connectivity index (χ4v) is 8.33. The molecular weight excluding hydrogens is 814 g/mol. The second-order valence-electron chi connectivity index (χ2n) is 15.2. The monoisotopic (exact) mass is 859 g/mol. The van der Waals surface area contributed by atoms with Crippen LogP contribution < -0.4 is 30.5 Å². The van der Waals surface area contributed by atoms with Crippen molar-refractivity contribution in [3.05, 3.63) is 77.4 Å². The molecule has 6 rings (SSSR count). The van der Waals surface area contributed by atoms with E-state index >= 15 is 0 Å². The largest absolute Gasteiger partial charge is 0.493 e. The summed E-state index contributed by atoms with van der Waals surface area (Å²) < 4.78 is 61.3. The number of nitriles is 1. The first-order valence-electron chi connectivity index (χ1n) is 19.1. The Balaban J connectivity index is 0.00000661. The van der Waals surface area contributed by atoms with E-state index in [1.807, 2.05) is 0 Å². The van der Waals surface area contributed by atoms with Crippen molar-refractivity contribution in [1.29, 1.82) is 5.26 Å². The minimum absolute atomic E-state index is 0. The Labute approximate surface area is 351 Å². The number of nitrogens with zero attached hydrogens (tertiary/aromatic N) is 4. The van der Waals surface area contributed by atoms with Gasteiger partial charge in [-0.2, -0.15) is 18.4 Å². The van der Waals surface area contributed by atoms with Crippen LogP contribution in [0, 0.1) is 17.2 Å². The van der Waals surface area contributed by atoms with Gasteiger partial charge in [-0.05, 0) is 119 Å². The zero-order chi connectivity index (χ0) is 41.8. The van der Waals surface area contributed by atoms with Gasteiger partial charge in [0.2, 0.25) is 17.7 Å². The first-order valence-corrected chi connectivity index (χ1v) is 19.6. The SMILES string of the molecule is CC1(C)C(=O)N(c2ccc(C#N)c(C(F)(F)F)c2)C(S)N1c1ccc(OCCC2CCN(CC(=O)Nc3cccc(NC4CCC(=O)NC4=O)c3)CC2)c(CCF)c1.Cl. The van der Waals surface area contributed by atoms with E-state index in [0.717, 1.165) is 49.4 Å². The molecule has 3 saturated heterocycles. The molecule has 0 radical (unpaired) electrons. The summed E-state index contributed by atoms with van der Waals surface area (Å²) in [4.78, 5) is 55.1. The molecule has 0 aromatic heterocycles. The van der Waals surface area contributed by atoms with E-state index in [4.69, 9.17) is 4.74 Å². The summed E-state index contributed by atoms with van der Waals surface area (Å²) >= 11 is 4.67. The molecule has 3 aliphatic heterocycles. The second-order valence-corrected chi connectivity index (χ2v) is 15.6. The Bertz CT molecular complexity index is 2090. The smallest absolute Gasteiger partial charge is 0.417 e. The number of halogens is 5. The molecule has 0 spiro atoms. The first kappa shape index (κ1) is 45.0. The number of nitrogens with one attached hydrogen (secondary N) is 3. The fourth-order valence-electron chi connectivity index (χ4n) is 7.67. The average Bonchev–Trinajstić information content (AvgIpc) is 3.35. The summed E-state index contributed by atoms with van der Waals surface area (Å²) in [6.45, 7) is 4.65. The number of piperidine rings is 2. The van der Waals surface area contributed by atoms with E-state index in [9.17, 15) is 42.0 Å². The summed E-state index contributed by atoms with van der Waals surface area (Å²) in [6.07, 6.45) is -1.65. The number of imide groups is 1. The Hall–Kier alpha value is -5.05. The van der Waals surface area contributed by atoms with Crippen LogP contribution in [0.15, 0.2) is 60.7 Å². The van der Waals surface area contributed by atoms with Gasteiger partial charge in [-0.1, -0.05) is 6.07 Å². The molecule has 3 aliphatic rings. The van der Waals surface area contributed by atoms with Gasteiger partial charge in [0.1, 0.15) is 17.3 Å². The molecule has 3 heterocycles. The molecule has 2 unspecified atom stereocenters. The highest BCUT2D eigenvalue weighted by Crippen LogP contribution is 2.43. The van der Waals surface area contributed by atoms with E-state index in [1.165, 1.54) is 6.07 Å². The van der Waals surface area contributed by atoms with E-state index in [0.29, 0.717) is 47.3 Å². The van der Waals surface area contributed by atoms with Crippen molar-refractivity contribution in [3.63, 3.8) is 0 Å². The van der Waals surface area contributed by atoms with Crippen LogP contribution in [0.3, 0.4) is 0 Å². The highest BCUT2D eigenvalue weighted by molar-refractivity contribution is 7.81. The van der Waals surface area contributed by atoms with Crippen LogP contribution in [0.1, 0.15) is 62.6 Å². The number of hydrogen-bond acceptors (Lipinski definition) is 10. The molecule has 12 nitrogen and oxygen atoms in total. The standard InChI is InChI=1S/C41H45F4N7O5S.ClH/c1-40(2)38(56)51(30-7-6-27(23-46)32(22-30)41(43,44)45)39(58)52(40)31-8-10-34(26(20-31)12-16-42)57-19-15-25-13-17-50(18-14-25)24-36(54)48-29-5-3-4-28(21-29)47-33-9-11-35(53)49-37(33)55;/h3-8,10,20-22,25,33,39,47,58H,9,11-19,24H2,1-2H3,(H,48,54)(H,49,53,55);1H. The summed E-state index contributed by atoms with van der Waals surface area (Å²) in [7, 11) is 0. The van der Waals surface area contributed by atoms with Crippen LogP contribution >= 0.6 is 25.0 Å². The molecule has 316 valence electrons. The number of amides is 4. The average molecular weight is 860 g/mol. The van der Waals surface area contributed by atoms with Crippen molar-refractivity contribution in [2.75, 3.05) is 53.3 Å². The zero-order valence-corrected chi connectivity index (χ0v) is 34.2. The molecule has 18 heteroatoms. The van der Waals surface area contributed by atoms with E-state index in [1.54, 1.807) is 67.3 Å². The van der Waals surface area contributed by atoms with Crippen LogP contribution in [0.5, 0.6) is 5.75 Å². The number of carbonyl (C=O) groups excluding carboxylic acids is 4. The lowest BCUT2D eigenvalue weighted by atomic mass is 9.94. The molecule has 3 N–H and O–H groups in total. The van der Waals surface area contributed by atoms with Crippen molar-refractivity contribution in [2.24, 2.45) is 5.92 Å². The Kier molecular flexibility index (Phi) is 14.4. The molecule has 0 aliphatic carbocycles. The zero-order valence-electron chi connectivity index (χ0n) is 32.5. The van der Waals surface area contributed by atoms with Crippen molar-refractivity contribution in [1.82, 2.24) is 10.2 Å². The maximum absolute atomic E-state index is 13.8. The van der Waals surface area contributed by atoms with Gasteiger partial charge in [-0.15, -0.1) is 25.0 Å². The lowest BCUT2D eigenvalue weighted by Crippen LogP contribution is -2.47. The van der Waals surface area contributed by atoms with Gasteiger partial charge in [0.15, 0.2) is 5.50 Å². The number of aryl methyl sites for hydroxylation is 1. The Morgan fingerprint density at radius 3 is 2.41 bits per heavy atom. The predicted octanol–water partition coefficient (Wildman–Crippen LogP) is 6.69. The molecule has 3 fully saturated rings. The highest BCUT2D eigenvalue weighted by Gasteiger charge is 2.52. The number of alkyl halides is 4. The van der Waals surface area contributed by atoms with Gasteiger partial charge in [-0.3, -0.25) is 38.7 Å². The number of hydrogen-bond donors (Lipinski definition) is 4. The van der Waals surface area contributed by atoms with Gasteiger partial charge in [0.05, 0.1) is 37.0 Å². The summed E-state index contributed by atoms with van der Waals surface area (Å²) in [5.41, 5.74) is -1.71. The molecule has 3 aromatic rings. The number of carbonyl (C=O) groups is 4. The van der Waals surface area contributed by atoms with Gasteiger partial charge in [0, 0.05) is 35.6 Å². The van der Waals surface area contributed by atoms with Crippen LogP contribution in [-0.2, 0) is 31.8 Å². The maximum Gasteiger partial charge on any atom is 0.417 e. The number of thiol groups is 1. The fraction of sp³-hybridized carbons (Fsp3) is 0.439. The minimum Gasteiger partial charge on any atom is -0.493 e. The molecule has 59 heavy (non-hydrogen) atoms. The molecule has 0 bridgehead atoms.